The maximum atomic E-state index is 11.6. The molecular formula is C15H22O3. The van der Waals surface area contributed by atoms with Crippen LogP contribution in [-0.2, 0) is 4.74 Å². The van der Waals surface area contributed by atoms with Crippen LogP contribution >= 0.6 is 0 Å². The Kier molecular flexibility index (Phi) is 5.20. The van der Waals surface area contributed by atoms with E-state index in [0.717, 1.165) is 11.1 Å². The fourth-order valence-corrected chi connectivity index (χ4v) is 1.56. The third-order valence-corrected chi connectivity index (χ3v) is 2.52. The van der Waals surface area contributed by atoms with Crippen LogP contribution in [0.15, 0.2) is 18.2 Å². The molecule has 3 nitrogen and oxygen atoms in total. The molecule has 0 radical (unpaired) electrons. The average molecular weight is 250 g/mol. The lowest BCUT2D eigenvalue weighted by atomic mass is 10.0. The third kappa shape index (κ3) is 4.40. The van der Waals surface area contributed by atoms with Gasteiger partial charge in [-0.3, -0.25) is 0 Å². The smallest absolute Gasteiger partial charge is 0.434 e. The summed E-state index contributed by atoms with van der Waals surface area (Å²) in [5, 5.41) is 0. The first-order valence-electron chi connectivity index (χ1n) is 6.35. The number of ether oxygens (including phenoxy) is 2. The summed E-state index contributed by atoms with van der Waals surface area (Å²) in [6.07, 6.45) is -0.629. The molecule has 0 amide bonds. The Balaban J connectivity index is 2.76. The van der Waals surface area contributed by atoms with E-state index in [4.69, 9.17) is 9.47 Å². The monoisotopic (exact) mass is 250 g/mol. The van der Waals surface area contributed by atoms with Crippen LogP contribution in [0.25, 0.3) is 0 Å². The fraction of sp³-hybridized carbons (Fsp3) is 0.533. The van der Waals surface area contributed by atoms with Gasteiger partial charge in [0.05, 0.1) is 6.61 Å². The van der Waals surface area contributed by atoms with Crippen LogP contribution in [0.2, 0.25) is 0 Å². The van der Waals surface area contributed by atoms with Crippen molar-refractivity contribution in [2.75, 3.05) is 6.61 Å². The molecule has 18 heavy (non-hydrogen) atoms. The second kappa shape index (κ2) is 6.43. The number of carbonyl (C=O) groups is 1. The third-order valence-electron chi connectivity index (χ3n) is 2.52. The van der Waals surface area contributed by atoms with Gasteiger partial charge >= 0.3 is 6.16 Å². The molecule has 1 aromatic rings. The van der Waals surface area contributed by atoms with Gasteiger partial charge in [0.15, 0.2) is 0 Å². The van der Waals surface area contributed by atoms with Crippen LogP contribution in [0, 0.1) is 12.8 Å². The number of carbonyl (C=O) groups excluding carboxylic acids is 1. The predicted molar refractivity (Wildman–Crippen MR) is 72.1 cm³/mol. The molecule has 0 saturated heterocycles. The summed E-state index contributed by atoms with van der Waals surface area (Å²) < 4.78 is 10.3. The summed E-state index contributed by atoms with van der Waals surface area (Å²) in [4.78, 5) is 11.6. The largest absolute Gasteiger partial charge is 0.513 e. The number of hydrogen-bond acceptors (Lipinski definition) is 3. The van der Waals surface area contributed by atoms with Gasteiger partial charge in [0, 0.05) is 0 Å². The van der Waals surface area contributed by atoms with E-state index in [0.29, 0.717) is 24.2 Å². The molecule has 0 bridgehead atoms. The molecule has 0 saturated carbocycles. The topological polar surface area (TPSA) is 35.5 Å². The number of rotatable bonds is 4. The van der Waals surface area contributed by atoms with Crippen molar-refractivity contribution in [1.82, 2.24) is 0 Å². The molecule has 3 heteroatoms. The van der Waals surface area contributed by atoms with Crippen molar-refractivity contribution < 1.29 is 14.3 Å². The maximum Gasteiger partial charge on any atom is 0.513 e. The maximum absolute atomic E-state index is 11.6. The standard InChI is InChI=1S/C15H22O3/c1-10(2)9-17-15(16)18-14-8-12(5)6-7-13(14)11(3)4/h6-8,10-11H,9H2,1-5H3. The van der Waals surface area contributed by atoms with Gasteiger partial charge in [-0.15, -0.1) is 0 Å². The second-order valence-electron chi connectivity index (χ2n) is 5.25. The summed E-state index contributed by atoms with van der Waals surface area (Å²) in [6.45, 7) is 10.4. The van der Waals surface area contributed by atoms with Gasteiger partial charge in [0.2, 0.25) is 0 Å². The molecule has 0 atom stereocenters. The minimum Gasteiger partial charge on any atom is -0.434 e. The van der Waals surface area contributed by atoms with E-state index in [1.165, 1.54) is 0 Å². The highest BCUT2D eigenvalue weighted by molar-refractivity contribution is 5.64. The van der Waals surface area contributed by atoms with E-state index in [-0.39, 0.29) is 0 Å². The zero-order chi connectivity index (χ0) is 13.7. The molecule has 0 aliphatic carbocycles. The average Bonchev–Trinajstić information content (AvgIpc) is 2.26. The Hall–Kier alpha value is -1.51. The van der Waals surface area contributed by atoms with E-state index in [1.54, 1.807) is 0 Å². The van der Waals surface area contributed by atoms with Gasteiger partial charge in [-0.05, 0) is 36.0 Å². The Bertz CT molecular complexity index is 408. The summed E-state index contributed by atoms with van der Waals surface area (Å²) in [5.74, 6) is 1.21. The lowest BCUT2D eigenvalue weighted by molar-refractivity contribution is 0.0881. The molecule has 100 valence electrons. The van der Waals surface area contributed by atoms with Crippen molar-refractivity contribution in [3.05, 3.63) is 29.3 Å². The van der Waals surface area contributed by atoms with E-state index >= 15 is 0 Å². The molecule has 0 heterocycles. The molecule has 0 aliphatic heterocycles. The molecule has 1 aromatic carbocycles. The summed E-state index contributed by atoms with van der Waals surface area (Å²) in [6, 6.07) is 5.87. The van der Waals surface area contributed by atoms with Crippen molar-refractivity contribution in [2.24, 2.45) is 5.92 Å². The molecule has 0 spiro atoms. The summed E-state index contributed by atoms with van der Waals surface area (Å²) >= 11 is 0. The highest BCUT2D eigenvalue weighted by Crippen LogP contribution is 2.27. The van der Waals surface area contributed by atoms with Crippen molar-refractivity contribution >= 4 is 6.16 Å². The first-order chi connectivity index (χ1) is 8.40. The SMILES string of the molecule is Cc1ccc(C(C)C)c(OC(=O)OCC(C)C)c1. The number of aryl methyl sites for hydroxylation is 1. The highest BCUT2D eigenvalue weighted by Gasteiger charge is 2.13. The van der Waals surface area contributed by atoms with Crippen molar-refractivity contribution in [3.63, 3.8) is 0 Å². The van der Waals surface area contributed by atoms with Crippen LogP contribution in [-0.4, -0.2) is 12.8 Å². The van der Waals surface area contributed by atoms with Crippen molar-refractivity contribution in [2.45, 2.75) is 40.5 Å². The van der Waals surface area contributed by atoms with Crippen LogP contribution in [0.3, 0.4) is 0 Å². The Morgan fingerprint density at radius 2 is 1.89 bits per heavy atom. The molecule has 0 aliphatic rings. The van der Waals surface area contributed by atoms with E-state index < -0.39 is 6.16 Å². The van der Waals surface area contributed by atoms with E-state index in [1.807, 2.05) is 39.0 Å². The summed E-state index contributed by atoms with van der Waals surface area (Å²) in [5.41, 5.74) is 2.08. The minimum absolute atomic E-state index is 0.304. The molecule has 0 N–H and O–H groups in total. The number of benzene rings is 1. The zero-order valence-corrected chi connectivity index (χ0v) is 11.8. The lowest BCUT2D eigenvalue weighted by Crippen LogP contribution is -2.15. The van der Waals surface area contributed by atoms with Crippen molar-refractivity contribution in [3.8, 4) is 5.75 Å². The first kappa shape index (κ1) is 14.6. The molecule has 0 fully saturated rings. The van der Waals surface area contributed by atoms with Gasteiger partial charge in [0.25, 0.3) is 0 Å². The Labute approximate surface area is 109 Å². The van der Waals surface area contributed by atoms with E-state index in [2.05, 4.69) is 13.8 Å². The molecule has 0 aromatic heterocycles. The van der Waals surface area contributed by atoms with Gasteiger partial charge in [-0.1, -0.05) is 39.8 Å². The molecule has 1 rings (SSSR count). The van der Waals surface area contributed by atoms with Crippen LogP contribution in [0.4, 0.5) is 4.79 Å². The fourth-order valence-electron chi connectivity index (χ4n) is 1.56. The lowest BCUT2D eigenvalue weighted by Gasteiger charge is -2.14. The Morgan fingerprint density at radius 1 is 1.22 bits per heavy atom. The van der Waals surface area contributed by atoms with Gasteiger partial charge in [0.1, 0.15) is 5.75 Å². The second-order valence-corrected chi connectivity index (χ2v) is 5.25. The van der Waals surface area contributed by atoms with Crippen LogP contribution in [0.1, 0.15) is 44.7 Å². The van der Waals surface area contributed by atoms with Gasteiger partial charge in [-0.2, -0.15) is 0 Å². The zero-order valence-electron chi connectivity index (χ0n) is 11.8. The van der Waals surface area contributed by atoms with Crippen molar-refractivity contribution in [1.29, 1.82) is 0 Å². The minimum atomic E-state index is -0.629. The summed E-state index contributed by atoms with van der Waals surface area (Å²) in [7, 11) is 0. The first-order valence-corrected chi connectivity index (χ1v) is 6.35. The van der Waals surface area contributed by atoms with E-state index in [9.17, 15) is 4.79 Å². The normalized spacial score (nSPS) is 10.8. The molecular weight excluding hydrogens is 228 g/mol. The van der Waals surface area contributed by atoms with Crippen LogP contribution in [0.5, 0.6) is 5.75 Å². The highest BCUT2D eigenvalue weighted by atomic mass is 16.7. The quantitative estimate of drug-likeness (QED) is 0.590. The molecule has 0 unspecified atom stereocenters. The van der Waals surface area contributed by atoms with Gasteiger partial charge in [-0.25, -0.2) is 4.79 Å². The van der Waals surface area contributed by atoms with Crippen LogP contribution < -0.4 is 4.74 Å². The Morgan fingerprint density at radius 3 is 2.44 bits per heavy atom. The van der Waals surface area contributed by atoms with Gasteiger partial charge < -0.3 is 9.47 Å². The predicted octanol–water partition coefficient (Wildman–Crippen LogP) is 4.29. The number of hydrogen-bond donors (Lipinski definition) is 0.